The van der Waals surface area contributed by atoms with Crippen molar-refractivity contribution in [3.63, 3.8) is 0 Å². The highest BCUT2D eigenvalue weighted by atomic mass is 79.9. The van der Waals surface area contributed by atoms with Crippen LogP contribution in [0.5, 0.6) is 5.75 Å². The molecule has 0 saturated heterocycles. The number of fused-ring (bicyclic) bond motifs is 1. The first-order valence-corrected chi connectivity index (χ1v) is 8.68. The summed E-state index contributed by atoms with van der Waals surface area (Å²) in [5, 5.41) is 5.02. The first kappa shape index (κ1) is 16.5. The highest BCUT2D eigenvalue weighted by Gasteiger charge is 2.20. The molecule has 3 aromatic carbocycles. The van der Waals surface area contributed by atoms with Gasteiger partial charge in [-0.15, -0.1) is 0 Å². The molecule has 0 radical (unpaired) electrons. The smallest absolute Gasteiger partial charge is 0.265 e. The molecule has 3 rings (SSSR count). The van der Waals surface area contributed by atoms with E-state index in [1.165, 1.54) is 0 Å². The van der Waals surface area contributed by atoms with Crippen LogP contribution in [0.25, 0.3) is 10.8 Å². The number of hydrogen-bond acceptors (Lipinski definition) is 2. The zero-order valence-corrected chi connectivity index (χ0v) is 14.9. The summed E-state index contributed by atoms with van der Waals surface area (Å²) in [5.41, 5.74) is 0.738. The Morgan fingerprint density at radius 2 is 1.75 bits per heavy atom. The molecule has 0 fully saturated rings. The normalized spacial score (nSPS) is 11.9. The molecule has 0 unspecified atom stereocenters. The van der Waals surface area contributed by atoms with E-state index >= 15 is 0 Å². The third kappa shape index (κ3) is 3.60. The Labute approximate surface area is 149 Å². The fraction of sp³-hybridized carbons (Fsp3) is 0.150. The third-order valence-corrected chi connectivity index (χ3v) is 4.51. The van der Waals surface area contributed by atoms with Crippen LogP contribution < -0.4 is 10.1 Å². The summed E-state index contributed by atoms with van der Waals surface area (Å²) < 4.78 is 6.87. The van der Waals surface area contributed by atoms with Crippen LogP contribution in [0.1, 0.15) is 13.3 Å². The van der Waals surface area contributed by atoms with E-state index < -0.39 is 6.10 Å². The maximum atomic E-state index is 12.6. The summed E-state index contributed by atoms with van der Waals surface area (Å²) in [6.07, 6.45) is 0.0300. The van der Waals surface area contributed by atoms with Crippen LogP contribution in [0, 0.1) is 0 Å². The Morgan fingerprint density at radius 1 is 1.04 bits per heavy atom. The number of carbonyl (C=O) groups is 1. The summed E-state index contributed by atoms with van der Waals surface area (Å²) in [7, 11) is 0. The first-order valence-electron chi connectivity index (χ1n) is 7.89. The fourth-order valence-electron chi connectivity index (χ4n) is 2.55. The molecule has 1 N–H and O–H groups in total. The second-order valence-corrected chi connectivity index (χ2v) is 6.32. The topological polar surface area (TPSA) is 38.3 Å². The molecule has 0 aliphatic carbocycles. The Morgan fingerprint density at radius 3 is 2.54 bits per heavy atom. The van der Waals surface area contributed by atoms with E-state index in [9.17, 15) is 4.79 Å². The molecule has 1 atom stereocenters. The van der Waals surface area contributed by atoms with Crippen molar-refractivity contribution in [2.75, 3.05) is 5.32 Å². The molecule has 4 heteroatoms. The van der Waals surface area contributed by atoms with Gasteiger partial charge in [0, 0.05) is 9.86 Å². The van der Waals surface area contributed by atoms with Crippen LogP contribution in [0.3, 0.4) is 0 Å². The number of nitrogens with one attached hydrogen (secondary N) is 1. The van der Waals surface area contributed by atoms with Crippen LogP contribution in [0.2, 0.25) is 0 Å². The molecular weight excluding hydrogens is 366 g/mol. The predicted molar refractivity (Wildman–Crippen MR) is 101 cm³/mol. The Balaban J connectivity index is 1.81. The molecule has 0 aliphatic rings. The lowest BCUT2D eigenvalue weighted by molar-refractivity contribution is -0.122. The van der Waals surface area contributed by atoms with Gasteiger partial charge in [-0.05, 0) is 45.9 Å². The molecule has 24 heavy (non-hydrogen) atoms. The molecule has 0 saturated carbocycles. The maximum absolute atomic E-state index is 12.6. The van der Waals surface area contributed by atoms with E-state index in [0.717, 1.165) is 26.7 Å². The predicted octanol–water partition coefficient (Wildman–Crippen LogP) is 5.40. The Kier molecular flexibility index (Phi) is 5.16. The molecule has 3 aromatic rings. The number of para-hydroxylation sites is 1. The largest absolute Gasteiger partial charge is 0.480 e. The van der Waals surface area contributed by atoms with Gasteiger partial charge < -0.3 is 10.1 Å². The molecule has 3 nitrogen and oxygen atoms in total. The SMILES string of the molecule is CC[C@@H](Oc1cccc2ccccc12)C(=O)Nc1ccccc1Br. The van der Waals surface area contributed by atoms with Crippen LogP contribution in [0.4, 0.5) is 5.69 Å². The molecule has 0 bridgehead atoms. The minimum absolute atomic E-state index is 0.155. The minimum Gasteiger partial charge on any atom is -0.480 e. The van der Waals surface area contributed by atoms with Crippen LogP contribution in [-0.2, 0) is 4.79 Å². The number of hydrogen-bond donors (Lipinski definition) is 1. The molecule has 0 aliphatic heterocycles. The van der Waals surface area contributed by atoms with Crippen molar-refractivity contribution in [2.24, 2.45) is 0 Å². The van der Waals surface area contributed by atoms with E-state index in [-0.39, 0.29) is 5.91 Å². The fourth-order valence-corrected chi connectivity index (χ4v) is 2.93. The molecular formula is C20H18BrNO2. The average Bonchev–Trinajstić information content (AvgIpc) is 2.61. The van der Waals surface area contributed by atoms with Gasteiger partial charge in [0.2, 0.25) is 0 Å². The van der Waals surface area contributed by atoms with E-state index in [0.29, 0.717) is 6.42 Å². The zero-order chi connectivity index (χ0) is 16.9. The molecule has 1 amide bonds. The number of amides is 1. The second-order valence-electron chi connectivity index (χ2n) is 5.46. The summed E-state index contributed by atoms with van der Waals surface area (Å²) in [6.45, 7) is 1.94. The van der Waals surface area contributed by atoms with Crippen molar-refractivity contribution in [3.8, 4) is 5.75 Å². The second kappa shape index (κ2) is 7.49. The minimum atomic E-state index is -0.553. The van der Waals surface area contributed by atoms with Gasteiger partial charge in [-0.25, -0.2) is 0 Å². The number of ether oxygens (including phenoxy) is 1. The van der Waals surface area contributed by atoms with Gasteiger partial charge in [0.25, 0.3) is 5.91 Å². The lowest BCUT2D eigenvalue weighted by Gasteiger charge is -2.19. The van der Waals surface area contributed by atoms with E-state index in [1.807, 2.05) is 73.7 Å². The summed E-state index contributed by atoms with van der Waals surface area (Å²) in [6, 6.07) is 21.4. The van der Waals surface area contributed by atoms with E-state index in [1.54, 1.807) is 0 Å². The van der Waals surface area contributed by atoms with Crippen molar-refractivity contribution in [1.82, 2.24) is 0 Å². The van der Waals surface area contributed by atoms with Gasteiger partial charge in [0.05, 0.1) is 5.69 Å². The highest BCUT2D eigenvalue weighted by Crippen LogP contribution is 2.27. The summed E-state index contributed by atoms with van der Waals surface area (Å²) >= 11 is 3.44. The lowest BCUT2D eigenvalue weighted by atomic mass is 10.1. The number of rotatable bonds is 5. The van der Waals surface area contributed by atoms with Gasteiger partial charge in [-0.3, -0.25) is 4.79 Å². The molecule has 122 valence electrons. The third-order valence-electron chi connectivity index (χ3n) is 3.81. The number of carbonyl (C=O) groups excluding carboxylic acids is 1. The van der Waals surface area contributed by atoms with Crippen LogP contribution in [0.15, 0.2) is 71.2 Å². The van der Waals surface area contributed by atoms with Crippen molar-refractivity contribution in [3.05, 3.63) is 71.2 Å². The summed E-state index contributed by atoms with van der Waals surface area (Å²) in [4.78, 5) is 12.6. The molecule has 0 heterocycles. The molecule has 0 spiro atoms. The van der Waals surface area contributed by atoms with Crippen molar-refractivity contribution >= 4 is 38.3 Å². The van der Waals surface area contributed by atoms with E-state index in [4.69, 9.17) is 4.74 Å². The number of halogens is 1. The monoisotopic (exact) mass is 383 g/mol. The van der Waals surface area contributed by atoms with E-state index in [2.05, 4.69) is 21.2 Å². The van der Waals surface area contributed by atoms with Gasteiger partial charge in [-0.1, -0.05) is 55.5 Å². The lowest BCUT2D eigenvalue weighted by Crippen LogP contribution is -2.32. The number of anilines is 1. The highest BCUT2D eigenvalue weighted by molar-refractivity contribution is 9.10. The van der Waals surface area contributed by atoms with Gasteiger partial charge in [0.1, 0.15) is 5.75 Å². The Bertz CT molecular complexity index is 858. The van der Waals surface area contributed by atoms with Crippen molar-refractivity contribution in [1.29, 1.82) is 0 Å². The Hall–Kier alpha value is -2.33. The zero-order valence-electron chi connectivity index (χ0n) is 13.3. The van der Waals surface area contributed by atoms with Crippen molar-refractivity contribution < 1.29 is 9.53 Å². The maximum Gasteiger partial charge on any atom is 0.265 e. The standard InChI is InChI=1S/C20H18BrNO2/c1-2-18(20(23)22-17-12-6-5-11-16(17)21)24-19-13-7-9-14-8-3-4-10-15(14)19/h3-13,18H,2H2,1H3,(H,22,23)/t18-/m1/s1. The van der Waals surface area contributed by atoms with Gasteiger partial charge in [-0.2, -0.15) is 0 Å². The number of benzene rings is 3. The van der Waals surface area contributed by atoms with Crippen LogP contribution >= 0.6 is 15.9 Å². The van der Waals surface area contributed by atoms with Crippen LogP contribution in [-0.4, -0.2) is 12.0 Å². The van der Waals surface area contributed by atoms with Crippen molar-refractivity contribution in [2.45, 2.75) is 19.4 Å². The molecule has 0 aromatic heterocycles. The average molecular weight is 384 g/mol. The summed E-state index contributed by atoms with van der Waals surface area (Å²) in [5.74, 6) is 0.569. The van der Waals surface area contributed by atoms with Gasteiger partial charge >= 0.3 is 0 Å². The van der Waals surface area contributed by atoms with Gasteiger partial charge in [0.15, 0.2) is 6.10 Å². The first-order chi connectivity index (χ1) is 11.7. The quantitative estimate of drug-likeness (QED) is 0.640.